The van der Waals surface area contributed by atoms with Gasteiger partial charge in [-0.2, -0.15) is 0 Å². The molecule has 1 aliphatic rings. The van der Waals surface area contributed by atoms with Crippen molar-refractivity contribution in [1.29, 1.82) is 0 Å². The zero-order valence-corrected chi connectivity index (χ0v) is 12.0. The van der Waals surface area contributed by atoms with E-state index in [-0.39, 0.29) is 11.9 Å². The average molecular weight is 256 g/mol. The Kier molecular flexibility index (Phi) is 6.09. The van der Waals surface area contributed by atoms with E-state index in [0.717, 1.165) is 45.3 Å². The van der Waals surface area contributed by atoms with Crippen molar-refractivity contribution in [3.8, 4) is 0 Å². The standard InChI is InChI=1S/C14H28N2O2/c1-4-9-18-10-7-12-6-5-8-14(12,13(15)17)16-11(2)3/h11-12,16H,4-10H2,1-3H3,(H2,15,17). The molecule has 0 bridgehead atoms. The van der Waals surface area contributed by atoms with Crippen molar-refractivity contribution in [3.63, 3.8) is 0 Å². The third-order valence-electron chi connectivity index (χ3n) is 3.77. The molecule has 1 fully saturated rings. The first kappa shape index (κ1) is 15.4. The average Bonchev–Trinajstić information content (AvgIpc) is 2.68. The number of nitrogens with one attached hydrogen (secondary N) is 1. The molecule has 0 heterocycles. The van der Waals surface area contributed by atoms with Gasteiger partial charge in [0.2, 0.25) is 5.91 Å². The van der Waals surface area contributed by atoms with E-state index < -0.39 is 5.54 Å². The minimum atomic E-state index is -0.510. The molecule has 2 unspecified atom stereocenters. The molecule has 2 atom stereocenters. The molecule has 4 nitrogen and oxygen atoms in total. The highest BCUT2D eigenvalue weighted by molar-refractivity contribution is 5.85. The second-order valence-corrected chi connectivity index (χ2v) is 5.62. The molecule has 0 aromatic carbocycles. The zero-order chi connectivity index (χ0) is 13.6. The van der Waals surface area contributed by atoms with Crippen LogP contribution in [0, 0.1) is 5.92 Å². The number of carbonyl (C=O) groups excluding carboxylic acids is 1. The van der Waals surface area contributed by atoms with Crippen molar-refractivity contribution in [3.05, 3.63) is 0 Å². The highest BCUT2D eigenvalue weighted by Gasteiger charge is 2.47. The first-order chi connectivity index (χ1) is 8.53. The maximum absolute atomic E-state index is 11.9. The monoisotopic (exact) mass is 256 g/mol. The Morgan fingerprint density at radius 2 is 2.22 bits per heavy atom. The van der Waals surface area contributed by atoms with Gasteiger partial charge >= 0.3 is 0 Å². The molecule has 3 N–H and O–H groups in total. The third kappa shape index (κ3) is 3.69. The molecular weight excluding hydrogens is 228 g/mol. The lowest BCUT2D eigenvalue weighted by atomic mass is 9.83. The van der Waals surface area contributed by atoms with Gasteiger partial charge in [0.1, 0.15) is 5.54 Å². The molecule has 0 radical (unpaired) electrons. The van der Waals surface area contributed by atoms with Gasteiger partial charge in [-0.05, 0) is 45.4 Å². The maximum atomic E-state index is 11.9. The summed E-state index contributed by atoms with van der Waals surface area (Å²) in [7, 11) is 0. The minimum absolute atomic E-state index is 0.200. The summed E-state index contributed by atoms with van der Waals surface area (Å²) < 4.78 is 5.54. The second-order valence-electron chi connectivity index (χ2n) is 5.62. The topological polar surface area (TPSA) is 64.3 Å². The molecule has 1 amide bonds. The summed E-state index contributed by atoms with van der Waals surface area (Å²) in [5.74, 6) is 0.114. The van der Waals surface area contributed by atoms with Crippen molar-refractivity contribution >= 4 is 5.91 Å². The van der Waals surface area contributed by atoms with Crippen LogP contribution in [0.15, 0.2) is 0 Å². The fraction of sp³-hybridized carbons (Fsp3) is 0.929. The summed E-state index contributed by atoms with van der Waals surface area (Å²) in [4.78, 5) is 11.9. The SMILES string of the molecule is CCCOCCC1CCCC1(NC(C)C)C(N)=O. The summed E-state index contributed by atoms with van der Waals surface area (Å²) in [5.41, 5.74) is 5.15. The first-order valence-electron chi connectivity index (χ1n) is 7.18. The van der Waals surface area contributed by atoms with Gasteiger partial charge in [0.05, 0.1) is 0 Å². The van der Waals surface area contributed by atoms with Gasteiger partial charge in [-0.15, -0.1) is 0 Å². The Bertz CT molecular complexity index is 269. The van der Waals surface area contributed by atoms with E-state index in [9.17, 15) is 4.79 Å². The summed E-state index contributed by atoms with van der Waals surface area (Å²) >= 11 is 0. The van der Waals surface area contributed by atoms with Crippen molar-refractivity contribution < 1.29 is 9.53 Å². The van der Waals surface area contributed by atoms with Gasteiger partial charge in [0.15, 0.2) is 0 Å². The zero-order valence-electron chi connectivity index (χ0n) is 12.0. The molecule has 1 saturated carbocycles. The summed E-state index contributed by atoms with van der Waals surface area (Å²) in [6.07, 6.45) is 4.96. The lowest BCUT2D eigenvalue weighted by molar-refractivity contribution is -0.126. The fourth-order valence-electron chi connectivity index (χ4n) is 3.04. The molecule has 4 heteroatoms. The largest absolute Gasteiger partial charge is 0.381 e. The van der Waals surface area contributed by atoms with E-state index in [4.69, 9.17) is 10.5 Å². The van der Waals surface area contributed by atoms with Crippen LogP contribution in [0.4, 0.5) is 0 Å². The fourth-order valence-corrected chi connectivity index (χ4v) is 3.04. The van der Waals surface area contributed by atoms with Gasteiger partial charge in [0.25, 0.3) is 0 Å². The van der Waals surface area contributed by atoms with Crippen LogP contribution in [-0.2, 0) is 9.53 Å². The Labute approximate surface area is 111 Å². The predicted molar refractivity (Wildman–Crippen MR) is 73.3 cm³/mol. The molecule has 0 spiro atoms. The lowest BCUT2D eigenvalue weighted by Crippen LogP contribution is -2.60. The van der Waals surface area contributed by atoms with Crippen molar-refractivity contribution in [2.45, 2.75) is 64.5 Å². The molecule has 106 valence electrons. The highest BCUT2D eigenvalue weighted by Crippen LogP contribution is 2.38. The Morgan fingerprint density at radius 1 is 1.50 bits per heavy atom. The number of nitrogens with two attached hydrogens (primary N) is 1. The van der Waals surface area contributed by atoms with E-state index in [0.29, 0.717) is 5.92 Å². The molecule has 0 saturated heterocycles. The second kappa shape index (κ2) is 7.10. The van der Waals surface area contributed by atoms with Gasteiger partial charge < -0.3 is 15.8 Å². The van der Waals surface area contributed by atoms with Gasteiger partial charge in [-0.3, -0.25) is 4.79 Å². The summed E-state index contributed by atoms with van der Waals surface area (Å²) in [6.45, 7) is 7.76. The first-order valence-corrected chi connectivity index (χ1v) is 7.18. The van der Waals surface area contributed by atoms with Crippen LogP contribution in [0.3, 0.4) is 0 Å². The molecule has 0 aliphatic heterocycles. The number of amides is 1. The van der Waals surface area contributed by atoms with E-state index in [1.807, 2.05) is 0 Å². The number of rotatable bonds is 8. The molecular formula is C14H28N2O2. The van der Waals surface area contributed by atoms with Crippen LogP contribution in [0.2, 0.25) is 0 Å². The number of hydrogen-bond acceptors (Lipinski definition) is 3. The van der Waals surface area contributed by atoms with E-state index in [1.165, 1.54) is 0 Å². The van der Waals surface area contributed by atoms with E-state index in [2.05, 4.69) is 26.1 Å². The van der Waals surface area contributed by atoms with Crippen molar-refractivity contribution in [1.82, 2.24) is 5.32 Å². The Morgan fingerprint density at radius 3 is 2.78 bits per heavy atom. The van der Waals surface area contributed by atoms with Gasteiger partial charge in [-0.1, -0.05) is 13.3 Å². The van der Waals surface area contributed by atoms with Crippen LogP contribution in [0.1, 0.15) is 52.9 Å². The maximum Gasteiger partial charge on any atom is 0.238 e. The molecule has 0 aromatic rings. The molecule has 1 rings (SSSR count). The van der Waals surface area contributed by atoms with Crippen LogP contribution >= 0.6 is 0 Å². The minimum Gasteiger partial charge on any atom is -0.381 e. The number of primary amides is 1. The third-order valence-corrected chi connectivity index (χ3v) is 3.77. The van der Waals surface area contributed by atoms with Gasteiger partial charge in [0, 0.05) is 19.3 Å². The Balaban J connectivity index is 2.60. The Hall–Kier alpha value is -0.610. The molecule has 1 aliphatic carbocycles. The molecule has 0 aromatic heterocycles. The molecule has 18 heavy (non-hydrogen) atoms. The number of hydrogen-bond donors (Lipinski definition) is 2. The van der Waals surface area contributed by atoms with Crippen molar-refractivity contribution in [2.75, 3.05) is 13.2 Å². The lowest BCUT2D eigenvalue weighted by Gasteiger charge is -2.35. The summed E-state index contributed by atoms with van der Waals surface area (Å²) in [5, 5.41) is 3.42. The summed E-state index contributed by atoms with van der Waals surface area (Å²) in [6, 6.07) is 0.273. The van der Waals surface area contributed by atoms with Crippen molar-refractivity contribution in [2.24, 2.45) is 11.7 Å². The smallest absolute Gasteiger partial charge is 0.238 e. The normalized spacial score (nSPS) is 27.9. The van der Waals surface area contributed by atoms with E-state index >= 15 is 0 Å². The number of carbonyl (C=O) groups is 1. The van der Waals surface area contributed by atoms with Crippen LogP contribution in [0.5, 0.6) is 0 Å². The van der Waals surface area contributed by atoms with E-state index in [1.54, 1.807) is 0 Å². The van der Waals surface area contributed by atoms with Crippen LogP contribution in [0.25, 0.3) is 0 Å². The van der Waals surface area contributed by atoms with Gasteiger partial charge in [-0.25, -0.2) is 0 Å². The predicted octanol–water partition coefficient (Wildman–Crippen LogP) is 1.83. The van der Waals surface area contributed by atoms with Crippen LogP contribution < -0.4 is 11.1 Å². The highest BCUT2D eigenvalue weighted by atomic mass is 16.5. The van der Waals surface area contributed by atoms with Crippen LogP contribution in [-0.4, -0.2) is 30.7 Å². The number of ether oxygens (including phenoxy) is 1. The quantitative estimate of drug-likeness (QED) is 0.651.